The van der Waals surface area contributed by atoms with Crippen molar-refractivity contribution in [2.45, 2.75) is 51.6 Å². The van der Waals surface area contributed by atoms with Crippen molar-refractivity contribution in [1.29, 1.82) is 0 Å². The van der Waals surface area contributed by atoms with Gasteiger partial charge in [0.25, 0.3) is 0 Å². The summed E-state index contributed by atoms with van der Waals surface area (Å²) in [5.41, 5.74) is 1.21. The molecule has 0 aromatic heterocycles. The maximum atomic E-state index is 5.66. The van der Waals surface area contributed by atoms with E-state index >= 15 is 0 Å². The van der Waals surface area contributed by atoms with Crippen LogP contribution in [0.4, 0.5) is 0 Å². The molecule has 124 valence electrons. The second-order valence-corrected chi connectivity index (χ2v) is 5.55. The zero-order valence-electron chi connectivity index (χ0n) is 13.6. The topological polar surface area (TPSA) is 45.6 Å². The zero-order valence-corrected chi connectivity index (χ0v) is 15.9. The van der Waals surface area contributed by atoms with Crippen LogP contribution in [0.25, 0.3) is 0 Å². The first kappa shape index (κ1) is 19.1. The average molecular weight is 417 g/mol. The normalized spacial score (nSPS) is 15.3. The summed E-state index contributed by atoms with van der Waals surface area (Å²) in [6, 6.07) is 8.82. The van der Waals surface area contributed by atoms with Gasteiger partial charge < -0.3 is 15.4 Å². The van der Waals surface area contributed by atoms with Crippen molar-refractivity contribution in [3.05, 3.63) is 29.8 Å². The minimum atomic E-state index is 0. The molecule has 2 rings (SSSR count). The predicted octanol–water partition coefficient (Wildman–Crippen LogP) is 3.70. The van der Waals surface area contributed by atoms with Gasteiger partial charge in [-0.2, -0.15) is 0 Å². The Morgan fingerprint density at radius 3 is 2.77 bits per heavy atom. The van der Waals surface area contributed by atoms with Gasteiger partial charge in [-0.15, -0.1) is 24.0 Å². The molecule has 1 aromatic rings. The van der Waals surface area contributed by atoms with Crippen molar-refractivity contribution in [1.82, 2.24) is 10.6 Å². The van der Waals surface area contributed by atoms with Crippen molar-refractivity contribution >= 4 is 29.9 Å². The average Bonchev–Trinajstić information content (AvgIpc) is 3.02. The van der Waals surface area contributed by atoms with Gasteiger partial charge in [0, 0.05) is 19.6 Å². The summed E-state index contributed by atoms with van der Waals surface area (Å²) in [6.07, 6.45) is 6.18. The van der Waals surface area contributed by atoms with Crippen molar-refractivity contribution in [3.8, 4) is 5.75 Å². The van der Waals surface area contributed by atoms with Crippen LogP contribution >= 0.6 is 24.0 Å². The lowest BCUT2D eigenvalue weighted by Crippen LogP contribution is -2.41. The number of rotatable bonds is 6. The van der Waals surface area contributed by atoms with Crippen LogP contribution in [0.3, 0.4) is 0 Å². The van der Waals surface area contributed by atoms with E-state index < -0.39 is 0 Å². The molecule has 0 atom stereocenters. The molecule has 0 radical (unpaired) electrons. The van der Waals surface area contributed by atoms with Crippen LogP contribution in [-0.4, -0.2) is 25.7 Å². The summed E-state index contributed by atoms with van der Waals surface area (Å²) < 4.78 is 5.66. The van der Waals surface area contributed by atoms with E-state index in [-0.39, 0.29) is 24.0 Å². The highest BCUT2D eigenvalue weighted by molar-refractivity contribution is 14.0. The molecule has 0 bridgehead atoms. The van der Waals surface area contributed by atoms with Gasteiger partial charge in [0.15, 0.2) is 5.96 Å². The fraction of sp³-hybridized carbons (Fsp3) is 0.588. The fourth-order valence-corrected chi connectivity index (χ4v) is 2.61. The summed E-state index contributed by atoms with van der Waals surface area (Å²) >= 11 is 0. The Hall–Kier alpha value is -0.980. The summed E-state index contributed by atoms with van der Waals surface area (Å²) in [5, 5.41) is 6.87. The molecule has 4 nitrogen and oxygen atoms in total. The Labute approximate surface area is 151 Å². The lowest BCUT2D eigenvalue weighted by molar-refractivity contribution is 0.317. The summed E-state index contributed by atoms with van der Waals surface area (Å²) in [5.74, 6) is 1.83. The standard InChI is InChI=1S/C17H27N3O.HI/c1-3-11-21-16-10-6-7-14(12-16)13-19-17(18-2)20-15-8-4-5-9-15;/h6-7,10,12,15H,3-5,8-9,11,13H2,1-2H3,(H2,18,19,20);1H. The molecule has 1 aliphatic carbocycles. The zero-order chi connectivity index (χ0) is 14.9. The monoisotopic (exact) mass is 417 g/mol. The first-order valence-corrected chi connectivity index (χ1v) is 8.00. The van der Waals surface area contributed by atoms with Gasteiger partial charge in [-0.1, -0.05) is 31.9 Å². The third kappa shape index (κ3) is 6.42. The van der Waals surface area contributed by atoms with E-state index in [0.29, 0.717) is 6.04 Å². The Kier molecular flexibility index (Phi) is 9.27. The van der Waals surface area contributed by atoms with Crippen LogP contribution in [0, 0.1) is 0 Å². The molecule has 1 aliphatic rings. The molecular formula is C17H28IN3O. The van der Waals surface area contributed by atoms with Gasteiger partial charge >= 0.3 is 0 Å². The lowest BCUT2D eigenvalue weighted by atomic mass is 10.2. The highest BCUT2D eigenvalue weighted by Crippen LogP contribution is 2.17. The smallest absolute Gasteiger partial charge is 0.191 e. The molecule has 2 N–H and O–H groups in total. The fourth-order valence-electron chi connectivity index (χ4n) is 2.61. The summed E-state index contributed by atoms with van der Waals surface area (Å²) in [4.78, 5) is 4.30. The summed E-state index contributed by atoms with van der Waals surface area (Å²) in [6.45, 7) is 3.64. The van der Waals surface area contributed by atoms with Gasteiger partial charge in [0.05, 0.1) is 6.61 Å². The van der Waals surface area contributed by atoms with Gasteiger partial charge in [0.1, 0.15) is 5.75 Å². The van der Waals surface area contributed by atoms with Gasteiger partial charge in [0.2, 0.25) is 0 Å². The number of hydrogen-bond acceptors (Lipinski definition) is 2. The molecular weight excluding hydrogens is 389 g/mol. The second-order valence-electron chi connectivity index (χ2n) is 5.55. The van der Waals surface area contributed by atoms with E-state index in [2.05, 4.69) is 34.7 Å². The SMILES string of the molecule is CCCOc1cccc(CNC(=NC)NC2CCCC2)c1.I. The van der Waals surface area contributed by atoms with E-state index in [1.807, 2.05) is 19.2 Å². The molecule has 0 unspecified atom stereocenters. The molecule has 5 heteroatoms. The van der Waals surface area contributed by atoms with Gasteiger partial charge in [-0.25, -0.2) is 0 Å². The van der Waals surface area contributed by atoms with Crippen molar-refractivity contribution in [2.24, 2.45) is 4.99 Å². The van der Waals surface area contributed by atoms with Gasteiger partial charge in [-0.3, -0.25) is 4.99 Å². The third-order valence-corrected chi connectivity index (χ3v) is 3.75. The van der Waals surface area contributed by atoms with Crippen LogP contribution in [0.5, 0.6) is 5.75 Å². The van der Waals surface area contributed by atoms with Crippen molar-refractivity contribution in [3.63, 3.8) is 0 Å². The number of guanidine groups is 1. The lowest BCUT2D eigenvalue weighted by Gasteiger charge is -2.17. The molecule has 0 saturated heterocycles. The van der Waals surface area contributed by atoms with E-state index in [4.69, 9.17) is 4.74 Å². The first-order valence-electron chi connectivity index (χ1n) is 8.00. The Morgan fingerprint density at radius 2 is 2.09 bits per heavy atom. The minimum Gasteiger partial charge on any atom is -0.494 e. The molecule has 1 saturated carbocycles. The number of aliphatic imine (C=N–C) groups is 1. The highest BCUT2D eigenvalue weighted by Gasteiger charge is 2.15. The predicted molar refractivity (Wildman–Crippen MR) is 103 cm³/mol. The largest absolute Gasteiger partial charge is 0.494 e. The van der Waals surface area contributed by atoms with Crippen LogP contribution in [0.15, 0.2) is 29.3 Å². The quantitative estimate of drug-likeness (QED) is 0.422. The number of ether oxygens (including phenoxy) is 1. The molecule has 1 fully saturated rings. The Balaban J connectivity index is 0.00000242. The van der Waals surface area contributed by atoms with E-state index in [1.54, 1.807) is 0 Å². The van der Waals surface area contributed by atoms with Crippen molar-refractivity contribution < 1.29 is 4.74 Å². The van der Waals surface area contributed by atoms with Crippen LogP contribution in [-0.2, 0) is 6.54 Å². The first-order chi connectivity index (χ1) is 10.3. The van der Waals surface area contributed by atoms with Gasteiger partial charge in [-0.05, 0) is 37.0 Å². The number of hydrogen-bond donors (Lipinski definition) is 2. The molecule has 0 heterocycles. The summed E-state index contributed by atoms with van der Waals surface area (Å²) in [7, 11) is 1.82. The van der Waals surface area contributed by atoms with E-state index in [0.717, 1.165) is 31.3 Å². The second kappa shape index (κ2) is 10.7. The van der Waals surface area contributed by atoms with E-state index in [1.165, 1.54) is 31.2 Å². The number of halogens is 1. The highest BCUT2D eigenvalue weighted by atomic mass is 127. The third-order valence-electron chi connectivity index (χ3n) is 3.75. The Morgan fingerprint density at radius 1 is 1.32 bits per heavy atom. The molecule has 22 heavy (non-hydrogen) atoms. The number of nitrogens with zero attached hydrogens (tertiary/aromatic N) is 1. The van der Waals surface area contributed by atoms with E-state index in [9.17, 15) is 0 Å². The number of benzene rings is 1. The molecule has 0 spiro atoms. The number of nitrogens with one attached hydrogen (secondary N) is 2. The maximum Gasteiger partial charge on any atom is 0.191 e. The van der Waals surface area contributed by atoms with Crippen LogP contribution < -0.4 is 15.4 Å². The van der Waals surface area contributed by atoms with Crippen LogP contribution in [0.2, 0.25) is 0 Å². The molecule has 1 aromatic carbocycles. The minimum absolute atomic E-state index is 0. The maximum absolute atomic E-state index is 5.66. The van der Waals surface area contributed by atoms with Crippen molar-refractivity contribution in [2.75, 3.05) is 13.7 Å². The molecule has 0 amide bonds. The van der Waals surface area contributed by atoms with Crippen LogP contribution in [0.1, 0.15) is 44.6 Å². The Bertz CT molecular complexity index is 459. The molecule has 0 aliphatic heterocycles.